The first kappa shape index (κ1) is 21.3. The van der Waals surface area contributed by atoms with Crippen LogP contribution in [0.25, 0.3) is 0 Å². The van der Waals surface area contributed by atoms with Crippen molar-refractivity contribution in [2.24, 2.45) is 5.10 Å². The molecule has 0 bridgehead atoms. The molecule has 0 fully saturated rings. The van der Waals surface area contributed by atoms with Gasteiger partial charge in [-0.3, -0.25) is 4.79 Å². The van der Waals surface area contributed by atoms with Gasteiger partial charge in [-0.05, 0) is 35.6 Å². The fourth-order valence-electron chi connectivity index (χ4n) is 3.45. The lowest BCUT2D eigenvalue weighted by Gasteiger charge is -2.18. The van der Waals surface area contributed by atoms with Gasteiger partial charge in [-0.1, -0.05) is 92.7 Å². The Kier molecular flexibility index (Phi) is 7.39. The van der Waals surface area contributed by atoms with Crippen molar-refractivity contribution in [2.45, 2.75) is 32.6 Å². The highest BCUT2D eigenvalue weighted by Gasteiger charge is 2.17. The van der Waals surface area contributed by atoms with Gasteiger partial charge in [-0.25, -0.2) is 5.43 Å². The normalized spacial score (nSPS) is 11.6. The Balaban J connectivity index is 1.70. The standard InChI is InChI=1S/C26H28N2O2/c1-19(2)23-16-10-11-17-24(23)30-18-25(29)28-27-20(3)26(21-12-6-4-7-13-21)22-14-8-5-9-15-22/h4-17,19,26H,18H2,1-3H3,(H,28,29)/b27-20+. The second-order valence-corrected chi connectivity index (χ2v) is 7.52. The average molecular weight is 401 g/mol. The number of carbonyl (C=O) groups is 1. The van der Waals surface area contributed by atoms with Crippen molar-refractivity contribution in [1.29, 1.82) is 0 Å². The summed E-state index contributed by atoms with van der Waals surface area (Å²) in [5, 5.41) is 4.38. The van der Waals surface area contributed by atoms with Crippen molar-refractivity contribution in [1.82, 2.24) is 5.43 Å². The van der Waals surface area contributed by atoms with E-state index in [0.29, 0.717) is 5.92 Å². The van der Waals surface area contributed by atoms with Crippen molar-refractivity contribution in [3.8, 4) is 5.75 Å². The van der Waals surface area contributed by atoms with E-state index in [1.807, 2.05) is 67.6 Å². The van der Waals surface area contributed by atoms with Crippen LogP contribution in [0.2, 0.25) is 0 Å². The van der Waals surface area contributed by atoms with Crippen LogP contribution >= 0.6 is 0 Å². The lowest BCUT2D eigenvalue weighted by Crippen LogP contribution is -2.27. The lowest BCUT2D eigenvalue weighted by atomic mass is 9.88. The molecule has 0 aliphatic carbocycles. The van der Waals surface area contributed by atoms with Crippen LogP contribution in [0, 0.1) is 0 Å². The van der Waals surface area contributed by atoms with Crippen LogP contribution in [-0.4, -0.2) is 18.2 Å². The Morgan fingerprint density at radius 2 is 1.40 bits per heavy atom. The molecule has 0 unspecified atom stereocenters. The van der Waals surface area contributed by atoms with Crippen LogP contribution in [-0.2, 0) is 4.79 Å². The Morgan fingerprint density at radius 1 is 0.867 bits per heavy atom. The summed E-state index contributed by atoms with van der Waals surface area (Å²) in [6.07, 6.45) is 0. The maximum absolute atomic E-state index is 12.4. The van der Waals surface area contributed by atoms with Crippen LogP contribution < -0.4 is 10.2 Å². The zero-order chi connectivity index (χ0) is 21.3. The summed E-state index contributed by atoms with van der Waals surface area (Å²) in [6, 6.07) is 28.1. The summed E-state index contributed by atoms with van der Waals surface area (Å²) in [7, 11) is 0. The maximum atomic E-state index is 12.4. The number of rotatable bonds is 8. The number of hydrogen-bond donors (Lipinski definition) is 1. The van der Waals surface area contributed by atoms with Gasteiger partial charge in [0.1, 0.15) is 5.75 Å². The molecule has 0 aliphatic heterocycles. The molecule has 30 heavy (non-hydrogen) atoms. The first-order valence-electron chi connectivity index (χ1n) is 10.2. The molecule has 0 heterocycles. The molecule has 3 rings (SSSR count). The first-order valence-corrected chi connectivity index (χ1v) is 10.2. The minimum atomic E-state index is -0.284. The van der Waals surface area contributed by atoms with E-state index >= 15 is 0 Å². The summed E-state index contributed by atoms with van der Waals surface area (Å²) in [4.78, 5) is 12.4. The zero-order valence-electron chi connectivity index (χ0n) is 17.7. The molecule has 3 aromatic carbocycles. The van der Waals surface area contributed by atoms with E-state index in [0.717, 1.165) is 28.2 Å². The van der Waals surface area contributed by atoms with Gasteiger partial charge < -0.3 is 4.74 Å². The summed E-state index contributed by atoms with van der Waals surface area (Å²) >= 11 is 0. The SMILES string of the molecule is C/C(=N\NC(=O)COc1ccccc1C(C)C)C(c1ccccc1)c1ccccc1. The number of benzene rings is 3. The molecule has 4 heteroatoms. The van der Waals surface area contributed by atoms with Gasteiger partial charge in [0.15, 0.2) is 6.61 Å². The number of amides is 1. The van der Waals surface area contributed by atoms with Crippen LogP contribution in [0.4, 0.5) is 0 Å². The molecule has 1 amide bonds. The third kappa shape index (κ3) is 5.57. The number of nitrogens with one attached hydrogen (secondary N) is 1. The van der Waals surface area contributed by atoms with Crippen molar-refractivity contribution < 1.29 is 9.53 Å². The van der Waals surface area contributed by atoms with Gasteiger partial charge in [0.2, 0.25) is 0 Å². The van der Waals surface area contributed by atoms with Crippen molar-refractivity contribution in [3.05, 3.63) is 102 Å². The number of hydrogen-bond acceptors (Lipinski definition) is 3. The van der Waals surface area contributed by atoms with Gasteiger partial charge in [-0.15, -0.1) is 0 Å². The van der Waals surface area contributed by atoms with Crippen molar-refractivity contribution in [3.63, 3.8) is 0 Å². The number of hydrazone groups is 1. The fourth-order valence-corrected chi connectivity index (χ4v) is 3.45. The van der Waals surface area contributed by atoms with Gasteiger partial charge >= 0.3 is 0 Å². The Bertz CT molecular complexity index is 943. The van der Waals surface area contributed by atoms with Crippen LogP contribution in [0.5, 0.6) is 5.75 Å². The van der Waals surface area contributed by atoms with E-state index in [9.17, 15) is 4.79 Å². The summed E-state index contributed by atoms with van der Waals surface area (Å²) < 4.78 is 5.74. The number of carbonyl (C=O) groups excluding carboxylic acids is 1. The van der Waals surface area contributed by atoms with E-state index in [1.54, 1.807) is 0 Å². The van der Waals surface area contributed by atoms with Crippen LogP contribution in [0.15, 0.2) is 90.0 Å². The lowest BCUT2D eigenvalue weighted by molar-refractivity contribution is -0.123. The second-order valence-electron chi connectivity index (χ2n) is 7.52. The average Bonchev–Trinajstić information content (AvgIpc) is 2.78. The number of ether oxygens (including phenoxy) is 1. The molecule has 0 spiro atoms. The number of nitrogens with zero attached hydrogens (tertiary/aromatic N) is 1. The zero-order valence-corrected chi connectivity index (χ0v) is 17.7. The van der Waals surface area contributed by atoms with Gasteiger partial charge in [0.25, 0.3) is 5.91 Å². The van der Waals surface area contributed by atoms with Crippen LogP contribution in [0.1, 0.15) is 49.3 Å². The molecule has 4 nitrogen and oxygen atoms in total. The maximum Gasteiger partial charge on any atom is 0.277 e. The third-order valence-corrected chi connectivity index (χ3v) is 4.94. The molecule has 0 atom stereocenters. The molecule has 0 aromatic heterocycles. The largest absolute Gasteiger partial charge is 0.483 e. The first-order chi connectivity index (χ1) is 14.6. The summed E-state index contributed by atoms with van der Waals surface area (Å²) in [5.41, 5.74) is 6.79. The molecule has 0 saturated heterocycles. The molecule has 1 N–H and O–H groups in total. The van der Waals surface area contributed by atoms with Crippen LogP contribution in [0.3, 0.4) is 0 Å². The third-order valence-electron chi connectivity index (χ3n) is 4.94. The topological polar surface area (TPSA) is 50.7 Å². The van der Waals surface area contributed by atoms with Crippen molar-refractivity contribution >= 4 is 11.6 Å². The quantitative estimate of drug-likeness (QED) is 0.400. The molecule has 0 saturated carbocycles. The van der Waals surface area contributed by atoms with Gasteiger partial charge in [0, 0.05) is 11.6 Å². The Labute approximate surface area is 178 Å². The minimum Gasteiger partial charge on any atom is -0.483 e. The highest BCUT2D eigenvalue weighted by molar-refractivity contribution is 5.93. The van der Waals surface area contributed by atoms with Gasteiger partial charge in [-0.2, -0.15) is 5.10 Å². The van der Waals surface area contributed by atoms with E-state index in [-0.39, 0.29) is 18.4 Å². The van der Waals surface area contributed by atoms with E-state index in [1.165, 1.54) is 0 Å². The second kappa shape index (κ2) is 10.4. The minimum absolute atomic E-state index is 0.0321. The predicted octanol–water partition coefficient (Wildman–Crippen LogP) is 5.51. The molecule has 0 radical (unpaired) electrons. The van der Waals surface area contributed by atoms with E-state index < -0.39 is 0 Å². The highest BCUT2D eigenvalue weighted by Crippen LogP contribution is 2.27. The summed E-state index contributed by atoms with van der Waals surface area (Å²) in [6.45, 7) is 6.05. The van der Waals surface area contributed by atoms with E-state index in [4.69, 9.17) is 4.74 Å². The monoisotopic (exact) mass is 400 g/mol. The Morgan fingerprint density at radius 3 is 1.97 bits per heavy atom. The van der Waals surface area contributed by atoms with Gasteiger partial charge in [0.05, 0.1) is 0 Å². The molecule has 154 valence electrons. The molecular weight excluding hydrogens is 372 g/mol. The summed E-state index contributed by atoms with van der Waals surface area (Å²) in [5.74, 6) is 0.736. The van der Waals surface area contributed by atoms with Crippen molar-refractivity contribution in [2.75, 3.05) is 6.61 Å². The predicted molar refractivity (Wildman–Crippen MR) is 122 cm³/mol. The molecular formula is C26H28N2O2. The molecule has 0 aliphatic rings. The van der Waals surface area contributed by atoms with E-state index in [2.05, 4.69) is 48.6 Å². The smallest absolute Gasteiger partial charge is 0.277 e. The number of para-hydroxylation sites is 1. The Hall–Kier alpha value is -3.40. The highest BCUT2D eigenvalue weighted by atomic mass is 16.5. The fraction of sp³-hybridized carbons (Fsp3) is 0.231. The molecule has 3 aromatic rings.